The van der Waals surface area contributed by atoms with E-state index in [4.69, 9.17) is 16.7 Å². The highest BCUT2D eigenvalue weighted by molar-refractivity contribution is 6.30. The van der Waals surface area contributed by atoms with E-state index in [0.29, 0.717) is 6.04 Å². The van der Waals surface area contributed by atoms with Crippen molar-refractivity contribution in [2.75, 3.05) is 6.54 Å². The summed E-state index contributed by atoms with van der Waals surface area (Å²) >= 11 is 5.91. The lowest BCUT2D eigenvalue weighted by Crippen LogP contribution is -2.24. The molecule has 0 amide bonds. The molecule has 1 saturated carbocycles. The molecule has 1 aromatic carbocycles. The number of rotatable bonds is 8. The van der Waals surface area contributed by atoms with Crippen LogP contribution in [-0.4, -0.2) is 17.6 Å². The highest BCUT2D eigenvalue weighted by atomic mass is 35.5. The third kappa shape index (κ3) is 4.84. The molecule has 0 aliphatic heterocycles. The molecule has 3 nitrogen and oxygen atoms in total. The van der Waals surface area contributed by atoms with Gasteiger partial charge in [0.05, 0.1) is 0 Å². The molecule has 0 spiro atoms. The third-order valence-corrected chi connectivity index (χ3v) is 3.76. The summed E-state index contributed by atoms with van der Waals surface area (Å²) in [5.74, 6) is 0.0112. The van der Waals surface area contributed by atoms with Gasteiger partial charge in [-0.25, -0.2) is 0 Å². The van der Waals surface area contributed by atoms with Crippen LogP contribution in [0.25, 0.3) is 0 Å². The molecule has 0 heterocycles. The first-order valence-electron chi connectivity index (χ1n) is 6.87. The van der Waals surface area contributed by atoms with Crippen LogP contribution >= 0.6 is 11.6 Å². The third-order valence-electron chi connectivity index (χ3n) is 3.50. The molecule has 19 heavy (non-hydrogen) atoms. The maximum absolute atomic E-state index is 10.4. The standard InChI is InChI=1S/C15H20ClNO2/c16-13-8-6-12(7-9-13)15(11-4-5-11)17-10-2-1-3-14(18)19/h6-9,11,15,17H,1-5,10H2,(H,18,19). The Balaban J connectivity index is 1.80. The summed E-state index contributed by atoms with van der Waals surface area (Å²) in [7, 11) is 0. The summed E-state index contributed by atoms with van der Waals surface area (Å²) < 4.78 is 0. The van der Waals surface area contributed by atoms with E-state index >= 15 is 0 Å². The first-order chi connectivity index (χ1) is 9.16. The van der Waals surface area contributed by atoms with Gasteiger partial charge in [0.15, 0.2) is 0 Å². The lowest BCUT2D eigenvalue weighted by atomic mass is 10.0. The van der Waals surface area contributed by atoms with Gasteiger partial charge in [0.25, 0.3) is 0 Å². The van der Waals surface area contributed by atoms with Crippen LogP contribution in [0, 0.1) is 5.92 Å². The van der Waals surface area contributed by atoms with Crippen LogP contribution in [0.1, 0.15) is 43.7 Å². The Hall–Kier alpha value is -1.06. The van der Waals surface area contributed by atoms with Crippen LogP contribution in [0.4, 0.5) is 0 Å². The van der Waals surface area contributed by atoms with Crippen molar-refractivity contribution in [1.82, 2.24) is 5.32 Å². The highest BCUT2D eigenvalue weighted by Crippen LogP contribution is 2.41. The van der Waals surface area contributed by atoms with E-state index in [0.717, 1.165) is 30.3 Å². The smallest absolute Gasteiger partial charge is 0.303 e. The van der Waals surface area contributed by atoms with Crippen molar-refractivity contribution in [3.05, 3.63) is 34.9 Å². The monoisotopic (exact) mass is 281 g/mol. The number of carboxylic acids is 1. The lowest BCUT2D eigenvalue weighted by molar-refractivity contribution is -0.137. The van der Waals surface area contributed by atoms with Crippen molar-refractivity contribution >= 4 is 17.6 Å². The van der Waals surface area contributed by atoms with Crippen LogP contribution in [0.15, 0.2) is 24.3 Å². The minimum absolute atomic E-state index is 0.261. The van der Waals surface area contributed by atoms with Crippen molar-refractivity contribution in [3.8, 4) is 0 Å². The average molecular weight is 282 g/mol. The molecule has 1 aliphatic carbocycles. The van der Waals surface area contributed by atoms with E-state index in [9.17, 15) is 4.79 Å². The van der Waals surface area contributed by atoms with Gasteiger partial charge in [-0.1, -0.05) is 23.7 Å². The van der Waals surface area contributed by atoms with Crippen molar-refractivity contribution in [3.63, 3.8) is 0 Å². The van der Waals surface area contributed by atoms with Gasteiger partial charge < -0.3 is 10.4 Å². The molecule has 1 fully saturated rings. The number of nitrogens with one attached hydrogen (secondary N) is 1. The summed E-state index contributed by atoms with van der Waals surface area (Å²) in [6, 6.07) is 8.41. The molecule has 1 atom stereocenters. The minimum Gasteiger partial charge on any atom is -0.481 e. The minimum atomic E-state index is -0.712. The largest absolute Gasteiger partial charge is 0.481 e. The molecule has 2 N–H and O–H groups in total. The van der Waals surface area contributed by atoms with Crippen LogP contribution in [0.5, 0.6) is 0 Å². The van der Waals surface area contributed by atoms with Crippen molar-refractivity contribution in [1.29, 1.82) is 0 Å². The Kier molecular flexibility index (Phi) is 5.23. The second-order valence-electron chi connectivity index (χ2n) is 5.17. The zero-order chi connectivity index (χ0) is 13.7. The molecule has 0 radical (unpaired) electrons. The van der Waals surface area contributed by atoms with E-state index in [-0.39, 0.29) is 6.42 Å². The number of unbranched alkanes of at least 4 members (excludes halogenated alkanes) is 1. The molecule has 1 aliphatic rings. The second kappa shape index (κ2) is 6.92. The maximum atomic E-state index is 10.4. The van der Waals surface area contributed by atoms with E-state index in [2.05, 4.69) is 17.4 Å². The number of carbonyl (C=O) groups is 1. The Bertz CT molecular complexity index is 415. The molecule has 4 heteroatoms. The zero-order valence-corrected chi connectivity index (χ0v) is 11.7. The summed E-state index contributed by atoms with van der Waals surface area (Å²) in [6.45, 7) is 0.872. The van der Waals surface area contributed by atoms with Gasteiger partial charge in [-0.15, -0.1) is 0 Å². The number of hydrogen-bond donors (Lipinski definition) is 2. The van der Waals surface area contributed by atoms with Crippen molar-refractivity contribution in [2.45, 2.75) is 38.1 Å². The Labute approximate surface area is 119 Å². The number of benzene rings is 1. The zero-order valence-electron chi connectivity index (χ0n) is 10.9. The molecule has 1 aromatic rings. The number of halogens is 1. The van der Waals surface area contributed by atoms with E-state index in [1.54, 1.807) is 0 Å². The van der Waals surface area contributed by atoms with E-state index in [1.165, 1.54) is 18.4 Å². The van der Waals surface area contributed by atoms with Gasteiger partial charge >= 0.3 is 5.97 Å². The SMILES string of the molecule is O=C(O)CCCCNC(c1ccc(Cl)cc1)C1CC1. The van der Waals surface area contributed by atoms with Crippen LogP contribution < -0.4 is 5.32 Å². The quantitative estimate of drug-likeness (QED) is 0.715. The molecule has 0 bridgehead atoms. The molecule has 0 aromatic heterocycles. The fraction of sp³-hybridized carbons (Fsp3) is 0.533. The Morgan fingerprint density at radius 1 is 1.32 bits per heavy atom. The van der Waals surface area contributed by atoms with Crippen molar-refractivity contribution < 1.29 is 9.90 Å². The van der Waals surface area contributed by atoms with Gasteiger partial charge in [-0.2, -0.15) is 0 Å². The Morgan fingerprint density at radius 3 is 2.58 bits per heavy atom. The predicted octanol–water partition coefficient (Wildman–Crippen LogP) is 3.64. The number of hydrogen-bond acceptors (Lipinski definition) is 2. The molecule has 0 saturated heterocycles. The molecule has 1 unspecified atom stereocenters. The first kappa shape index (κ1) is 14.4. The number of carboxylic acid groups (broad SMARTS) is 1. The summed E-state index contributed by atoms with van der Waals surface area (Å²) in [5, 5.41) is 12.9. The van der Waals surface area contributed by atoms with E-state index < -0.39 is 5.97 Å². The fourth-order valence-electron chi connectivity index (χ4n) is 2.32. The van der Waals surface area contributed by atoms with E-state index in [1.807, 2.05) is 12.1 Å². The Morgan fingerprint density at radius 2 is 2.00 bits per heavy atom. The summed E-state index contributed by atoms with van der Waals surface area (Å²) in [5.41, 5.74) is 1.28. The first-order valence-corrected chi connectivity index (χ1v) is 7.25. The highest BCUT2D eigenvalue weighted by Gasteiger charge is 2.31. The van der Waals surface area contributed by atoms with Gasteiger partial charge in [0.1, 0.15) is 0 Å². The molecular formula is C15H20ClNO2. The number of aliphatic carboxylic acids is 1. The van der Waals surface area contributed by atoms with Crippen LogP contribution in [0.3, 0.4) is 0 Å². The lowest BCUT2D eigenvalue weighted by Gasteiger charge is -2.18. The van der Waals surface area contributed by atoms with Gasteiger partial charge in [-0.3, -0.25) is 4.79 Å². The fourth-order valence-corrected chi connectivity index (χ4v) is 2.44. The van der Waals surface area contributed by atoms with Crippen LogP contribution in [0.2, 0.25) is 5.02 Å². The molecule has 104 valence electrons. The van der Waals surface area contributed by atoms with Gasteiger partial charge in [0.2, 0.25) is 0 Å². The van der Waals surface area contributed by atoms with Crippen molar-refractivity contribution in [2.24, 2.45) is 5.92 Å². The topological polar surface area (TPSA) is 49.3 Å². The maximum Gasteiger partial charge on any atom is 0.303 e. The summed E-state index contributed by atoms with van der Waals surface area (Å²) in [6.07, 6.45) is 4.45. The molecular weight excluding hydrogens is 262 g/mol. The van der Waals surface area contributed by atoms with Gasteiger partial charge in [0, 0.05) is 17.5 Å². The normalized spacial score (nSPS) is 16.3. The van der Waals surface area contributed by atoms with Crippen LogP contribution in [-0.2, 0) is 4.79 Å². The molecule has 2 rings (SSSR count). The summed E-state index contributed by atoms with van der Waals surface area (Å²) in [4.78, 5) is 10.4. The van der Waals surface area contributed by atoms with Gasteiger partial charge in [-0.05, 0) is 55.8 Å². The average Bonchev–Trinajstić information content (AvgIpc) is 3.19. The second-order valence-corrected chi connectivity index (χ2v) is 5.61. The predicted molar refractivity (Wildman–Crippen MR) is 76.4 cm³/mol.